The average molecular weight is 240 g/mol. The molecule has 0 bridgehead atoms. The minimum absolute atomic E-state index is 0.352. The van der Waals surface area contributed by atoms with Crippen molar-refractivity contribution in [3.8, 4) is 0 Å². The van der Waals surface area contributed by atoms with Crippen molar-refractivity contribution in [3.63, 3.8) is 0 Å². The van der Waals surface area contributed by atoms with Gasteiger partial charge in [-0.2, -0.15) is 5.10 Å². The molecule has 98 valence electrons. The Bertz CT molecular complexity index is 360. The van der Waals surface area contributed by atoms with Crippen LogP contribution < -0.4 is 11.1 Å². The Morgan fingerprint density at radius 2 is 2.12 bits per heavy atom. The molecule has 0 aromatic carbocycles. The lowest BCUT2D eigenvalue weighted by Gasteiger charge is -2.15. The summed E-state index contributed by atoms with van der Waals surface area (Å²) in [5.74, 6) is 1.28. The number of hydrogen-bond donors (Lipinski definition) is 3. The van der Waals surface area contributed by atoms with Crippen molar-refractivity contribution in [2.24, 2.45) is 13.0 Å². The van der Waals surface area contributed by atoms with Crippen molar-refractivity contribution in [2.45, 2.75) is 39.7 Å². The quantitative estimate of drug-likeness (QED) is 0.702. The first-order valence-corrected chi connectivity index (χ1v) is 6.18. The van der Waals surface area contributed by atoms with Gasteiger partial charge < -0.3 is 16.2 Å². The number of nitrogens with zero attached hydrogens (tertiary/aromatic N) is 2. The lowest BCUT2D eigenvalue weighted by atomic mass is 10.1. The zero-order chi connectivity index (χ0) is 13.0. The number of rotatable bonds is 6. The first kappa shape index (κ1) is 13.8. The molecule has 0 spiro atoms. The lowest BCUT2D eigenvalue weighted by molar-refractivity contribution is 0.161. The van der Waals surface area contributed by atoms with Crippen LogP contribution in [0.1, 0.15) is 32.9 Å². The first-order chi connectivity index (χ1) is 7.95. The molecule has 1 rings (SSSR count). The van der Waals surface area contributed by atoms with Gasteiger partial charge in [-0.1, -0.05) is 20.8 Å². The topological polar surface area (TPSA) is 76.1 Å². The van der Waals surface area contributed by atoms with E-state index in [-0.39, 0.29) is 6.10 Å². The Morgan fingerprint density at radius 1 is 1.47 bits per heavy atom. The fourth-order valence-electron chi connectivity index (χ4n) is 1.91. The molecular weight excluding hydrogens is 216 g/mol. The Morgan fingerprint density at radius 3 is 2.59 bits per heavy atom. The molecule has 1 aromatic rings. The highest BCUT2D eigenvalue weighted by molar-refractivity contribution is 5.65. The summed E-state index contributed by atoms with van der Waals surface area (Å²) in [5, 5.41) is 17.3. The van der Waals surface area contributed by atoms with E-state index in [0.29, 0.717) is 18.2 Å². The maximum Gasteiger partial charge on any atom is 0.147 e. The fraction of sp³-hybridized carbons (Fsp3) is 0.750. The summed E-state index contributed by atoms with van der Waals surface area (Å²) in [7, 11) is 1.85. The molecule has 1 atom stereocenters. The van der Waals surface area contributed by atoms with Gasteiger partial charge in [0.2, 0.25) is 0 Å². The SMILES string of the molecule is CCc1nn(C)c(NCC(O)CC(C)C)c1N. The van der Waals surface area contributed by atoms with E-state index in [1.54, 1.807) is 4.68 Å². The van der Waals surface area contributed by atoms with Crippen LogP contribution in [-0.4, -0.2) is 27.5 Å². The molecule has 4 N–H and O–H groups in total. The molecule has 0 radical (unpaired) electrons. The van der Waals surface area contributed by atoms with E-state index in [4.69, 9.17) is 5.73 Å². The van der Waals surface area contributed by atoms with Gasteiger partial charge >= 0.3 is 0 Å². The predicted molar refractivity (Wildman–Crippen MR) is 70.9 cm³/mol. The smallest absolute Gasteiger partial charge is 0.147 e. The van der Waals surface area contributed by atoms with Gasteiger partial charge in [-0.25, -0.2) is 0 Å². The summed E-state index contributed by atoms with van der Waals surface area (Å²) >= 11 is 0. The number of aliphatic hydroxyl groups is 1. The molecule has 5 heteroatoms. The number of aromatic nitrogens is 2. The summed E-state index contributed by atoms with van der Waals surface area (Å²) in [6, 6.07) is 0. The van der Waals surface area contributed by atoms with Gasteiger partial charge in [0, 0.05) is 13.6 Å². The minimum atomic E-state index is -0.352. The van der Waals surface area contributed by atoms with Gasteiger partial charge in [0.25, 0.3) is 0 Å². The van der Waals surface area contributed by atoms with E-state index in [1.165, 1.54) is 0 Å². The number of aryl methyl sites for hydroxylation is 2. The van der Waals surface area contributed by atoms with Crippen LogP contribution in [-0.2, 0) is 13.5 Å². The second-order valence-electron chi connectivity index (χ2n) is 4.85. The highest BCUT2D eigenvalue weighted by Crippen LogP contribution is 2.22. The minimum Gasteiger partial charge on any atom is -0.394 e. The summed E-state index contributed by atoms with van der Waals surface area (Å²) in [6.07, 6.45) is 1.25. The Labute approximate surface area is 103 Å². The molecule has 5 nitrogen and oxygen atoms in total. The van der Waals surface area contributed by atoms with E-state index in [2.05, 4.69) is 24.3 Å². The largest absolute Gasteiger partial charge is 0.394 e. The van der Waals surface area contributed by atoms with Crippen LogP contribution in [0.15, 0.2) is 0 Å². The Kier molecular flexibility index (Phi) is 4.81. The maximum atomic E-state index is 9.79. The predicted octanol–water partition coefficient (Wildman–Crippen LogP) is 1.38. The van der Waals surface area contributed by atoms with Crippen LogP contribution >= 0.6 is 0 Å². The molecule has 17 heavy (non-hydrogen) atoms. The molecule has 0 aliphatic carbocycles. The molecular formula is C12H24N4O. The third kappa shape index (κ3) is 3.63. The average Bonchev–Trinajstić information content (AvgIpc) is 2.50. The molecule has 0 aliphatic heterocycles. The first-order valence-electron chi connectivity index (χ1n) is 6.18. The highest BCUT2D eigenvalue weighted by Gasteiger charge is 2.13. The Hall–Kier alpha value is -1.23. The fourth-order valence-corrected chi connectivity index (χ4v) is 1.91. The monoisotopic (exact) mass is 240 g/mol. The van der Waals surface area contributed by atoms with Crippen LogP contribution in [0, 0.1) is 5.92 Å². The Balaban J connectivity index is 2.60. The van der Waals surface area contributed by atoms with E-state index < -0.39 is 0 Å². The van der Waals surface area contributed by atoms with Crippen molar-refractivity contribution in [2.75, 3.05) is 17.6 Å². The number of hydrogen-bond acceptors (Lipinski definition) is 4. The number of nitrogen functional groups attached to an aromatic ring is 1. The standard InChI is InChI=1S/C12H24N4O/c1-5-10-11(13)12(16(4)15-10)14-7-9(17)6-8(2)3/h8-9,14,17H,5-7,13H2,1-4H3. The molecule has 0 saturated carbocycles. The number of nitrogens with one attached hydrogen (secondary N) is 1. The molecule has 1 unspecified atom stereocenters. The number of nitrogens with two attached hydrogens (primary N) is 1. The normalized spacial score (nSPS) is 13.1. The van der Waals surface area contributed by atoms with Crippen molar-refractivity contribution in [1.82, 2.24) is 9.78 Å². The van der Waals surface area contributed by atoms with Crippen molar-refractivity contribution < 1.29 is 5.11 Å². The van der Waals surface area contributed by atoms with Crippen LogP contribution in [0.2, 0.25) is 0 Å². The third-order valence-corrected chi connectivity index (χ3v) is 2.74. The second-order valence-corrected chi connectivity index (χ2v) is 4.85. The van der Waals surface area contributed by atoms with Crippen LogP contribution in [0.3, 0.4) is 0 Å². The van der Waals surface area contributed by atoms with Crippen molar-refractivity contribution in [3.05, 3.63) is 5.69 Å². The summed E-state index contributed by atoms with van der Waals surface area (Å²) in [4.78, 5) is 0. The summed E-state index contributed by atoms with van der Waals surface area (Å²) < 4.78 is 1.73. The van der Waals surface area contributed by atoms with Gasteiger partial charge in [0.15, 0.2) is 0 Å². The van der Waals surface area contributed by atoms with E-state index in [9.17, 15) is 5.11 Å². The number of anilines is 2. The molecule has 1 heterocycles. The third-order valence-electron chi connectivity index (χ3n) is 2.74. The molecule has 1 aromatic heterocycles. The molecule has 0 saturated heterocycles. The number of aliphatic hydroxyl groups excluding tert-OH is 1. The summed E-state index contributed by atoms with van der Waals surface area (Å²) in [6.45, 7) is 6.72. The zero-order valence-electron chi connectivity index (χ0n) is 11.2. The molecule has 0 fully saturated rings. The van der Waals surface area contributed by atoms with Crippen LogP contribution in [0.5, 0.6) is 0 Å². The molecule has 0 aliphatic rings. The lowest BCUT2D eigenvalue weighted by Crippen LogP contribution is -2.22. The van der Waals surface area contributed by atoms with Crippen molar-refractivity contribution >= 4 is 11.5 Å². The van der Waals surface area contributed by atoms with Gasteiger partial charge in [-0.05, 0) is 18.8 Å². The van der Waals surface area contributed by atoms with Gasteiger partial charge in [-0.15, -0.1) is 0 Å². The highest BCUT2D eigenvalue weighted by atomic mass is 16.3. The van der Waals surface area contributed by atoms with Crippen molar-refractivity contribution in [1.29, 1.82) is 0 Å². The van der Waals surface area contributed by atoms with Gasteiger partial charge in [-0.3, -0.25) is 4.68 Å². The van der Waals surface area contributed by atoms with E-state index in [0.717, 1.165) is 24.4 Å². The van der Waals surface area contributed by atoms with Gasteiger partial charge in [0.05, 0.1) is 17.5 Å². The van der Waals surface area contributed by atoms with E-state index >= 15 is 0 Å². The van der Waals surface area contributed by atoms with Crippen LogP contribution in [0.4, 0.5) is 11.5 Å². The maximum absolute atomic E-state index is 9.79. The van der Waals surface area contributed by atoms with Gasteiger partial charge in [0.1, 0.15) is 5.82 Å². The zero-order valence-corrected chi connectivity index (χ0v) is 11.2. The summed E-state index contributed by atoms with van der Waals surface area (Å²) in [5.41, 5.74) is 7.56. The van der Waals surface area contributed by atoms with Crippen LogP contribution in [0.25, 0.3) is 0 Å². The second kappa shape index (κ2) is 5.91. The van der Waals surface area contributed by atoms with E-state index in [1.807, 2.05) is 14.0 Å². The molecule has 0 amide bonds.